The number of halogens is 1. The highest BCUT2D eigenvalue weighted by atomic mass is 19.1. The predicted octanol–water partition coefficient (Wildman–Crippen LogP) is 1.68. The minimum atomic E-state index is -0.586. The fourth-order valence-corrected chi connectivity index (χ4v) is 1.59. The predicted molar refractivity (Wildman–Crippen MR) is 61.7 cm³/mol. The van der Waals surface area contributed by atoms with Gasteiger partial charge in [-0.3, -0.25) is 9.78 Å². The molecular formula is C12H11FN2O2. The number of amides is 1. The number of hydrogen-bond acceptors (Lipinski definition) is 3. The van der Waals surface area contributed by atoms with Crippen molar-refractivity contribution in [3.8, 4) is 5.75 Å². The summed E-state index contributed by atoms with van der Waals surface area (Å²) >= 11 is 0. The summed E-state index contributed by atoms with van der Waals surface area (Å²) in [5, 5.41) is 0.734. The molecule has 0 spiro atoms. The van der Waals surface area contributed by atoms with E-state index in [2.05, 4.69) is 4.98 Å². The van der Waals surface area contributed by atoms with Crippen molar-refractivity contribution in [2.45, 2.75) is 0 Å². The molecule has 0 aliphatic rings. The number of benzene rings is 1. The molecule has 0 saturated carbocycles. The highest BCUT2D eigenvalue weighted by molar-refractivity contribution is 6.05. The van der Waals surface area contributed by atoms with Crippen molar-refractivity contribution in [3.63, 3.8) is 0 Å². The van der Waals surface area contributed by atoms with E-state index in [1.807, 2.05) is 0 Å². The number of fused-ring (bicyclic) bond motifs is 1. The molecule has 1 aromatic heterocycles. The van der Waals surface area contributed by atoms with E-state index in [0.717, 1.165) is 5.39 Å². The Balaban J connectivity index is 2.55. The van der Waals surface area contributed by atoms with Gasteiger partial charge < -0.3 is 10.5 Å². The van der Waals surface area contributed by atoms with E-state index in [1.54, 1.807) is 24.4 Å². The third-order valence-corrected chi connectivity index (χ3v) is 2.29. The number of alkyl halides is 1. The zero-order chi connectivity index (χ0) is 12.3. The Morgan fingerprint density at radius 1 is 1.47 bits per heavy atom. The van der Waals surface area contributed by atoms with Gasteiger partial charge in [0.15, 0.2) is 0 Å². The van der Waals surface area contributed by atoms with Crippen LogP contribution in [0.2, 0.25) is 0 Å². The average molecular weight is 234 g/mol. The van der Waals surface area contributed by atoms with Crippen molar-refractivity contribution in [1.29, 1.82) is 0 Å². The van der Waals surface area contributed by atoms with E-state index in [4.69, 9.17) is 10.5 Å². The second-order valence-corrected chi connectivity index (χ2v) is 3.45. The molecule has 0 aliphatic heterocycles. The van der Waals surface area contributed by atoms with Gasteiger partial charge >= 0.3 is 0 Å². The van der Waals surface area contributed by atoms with Gasteiger partial charge in [0, 0.05) is 11.6 Å². The molecule has 88 valence electrons. The van der Waals surface area contributed by atoms with Crippen LogP contribution in [0.1, 0.15) is 10.4 Å². The first-order valence-electron chi connectivity index (χ1n) is 5.09. The lowest BCUT2D eigenvalue weighted by Crippen LogP contribution is -2.12. The Bertz CT molecular complexity index is 557. The van der Waals surface area contributed by atoms with Crippen LogP contribution in [0, 0.1) is 0 Å². The summed E-state index contributed by atoms with van der Waals surface area (Å²) in [7, 11) is 0. The van der Waals surface area contributed by atoms with Gasteiger partial charge in [0.1, 0.15) is 19.0 Å². The Morgan fingerprint density at radius 3 is 3.00 bits per heavy atom. The molecule has 0 atom stereocenters. The van der Waals surface area contributed by atoms with E-state index in [1.165, 1.54) is 6.07 Å². The quantitative estimate of drug-likeness (QED) is 0.875. The first-order chi connectivity index (χ1) is 8.22. The van der Waals surface area contributed by atoms with Gasteiger partial charge in [-0.05, 0) is 18.2 Å². The van der Waals surface area contributed by atoms with Crippen LogP contribution in [-0.2, 0) is 0 Å². The number of nitrogens with two attached hydrogens (primary N) is 1. The second-order valence-electron chi connectivity index (χ2n) is 3.45. The van der Waals surface area contributed by atoms with Crippen LogP contribution in [0.4, 0.5) is 4.39 Å². The number of primary amides is 1. The summed E-state index contributed by atoms with van der Waals surface area (Å²) in [6.45, 7) is -0.638. The van der Waals surface area contributed by atoms with Gasteiger partial charge in [-0.2, -0.15) is 0 Å². The number of carbonyl (C=O) groups is 1. The highest BCUT2D eigenvalue weighted by Gasteiger charge is 2.10. The van der Waals surface area contributed by atoms with Gasteiger partial charge in [0.05, 0.1) is 11.1 Å². The molecule has 1 heterocycles. The van der Waals surface area contributed by atoms with Crippen molar-refractivity contribution in [2.75, 3.05) is 13.3 Å². The largest absolute Gasteiger partial charge is 0.491 e. The molecule has 0 saturated heterocycles. The molecule has 2 aromatic rings. The first-order valence-corrected chi connectivity index (χ1v) is 5.09. The number of nitrogens with zero attached hydrogens (tertiary/aromatic N) is 1. The van der Waals surface area contributed by atoms with Crippen molar-refractivity contribution in [3.05, 3.63) is 36.0 Å². The Kier molecular flexibility index (Phi) is 3.18. The second kappa shape index (κ2) is 4.78. The van der Waals surface area contributed by atoms with Crippen molar-refractivity contribution >= 4 is 16.8 Å². The lowest BCUT2D eigenvalue weighted by molar-refractivity contribution is 0.100. The number of ether oxygens (including phenoxy) is 1. The number of pyridine rings is 1. The topological polar surface area (TPSA) is 65.2 Å². The molecule has 0 bridgehead atoms. The van der Waals surface area contributed by atoms with E-state index >= 15 is 0 Å². The van der Waals surface area contributed by atoms with Crippen molar-refractivity contribution < 1.29 is 13.9 Å². The molecule has 0 aliphatic carbocycles. The molecule has 1 amide bonds. The zero-order valence-electron chi connectivity index (χ0n) is 9.02. The highest BCUT2D eigenvalue weighted by Crippen LogP contribution is 2.23. The van der Waals surface area contributed by atoms with Crippen LogP contribution in [0.5, 0.6) is 5.75 Å². The molecule has 2 rings (SSSR count). The summed E-state index contributed by atoms with van der Waals surface area (Å²) in [6.07, 6.45) is 1.58. The summed E-state index contributed by atoms with van der Waals surface area (Å²) in [6, 6.07) is 6.71. The van der Waals surface area contributed by atoms with E-state index in [-0.39, 0.29) is 12.2 Å². The normalized spacial score (nSPS) is 10.4. The minimum absolute atomic E-state index is 0.0516. The maximum Gasteiger partial charge on any atom is 0.251 e. The van der Waals surface area contributed by atoms with Crippen LogP contribution < -0.4 is 10.5 Å². The van der Waals surface area contributed by atoms with Crippen LogP contribution in [0.25, 0.3) is 10.9 Å². The Labute approximate surface area is 97.2 Å². The van der Waals surface area contributed by atoms with Gasteiger partial charge in [0.25, 0.3) is 5.91 Å². The number of aromatic nitrogens is 1. The van der Waals surface area contributed by atoms with Crippen molar-refractivity contribution in [2.24, 2.45) is 5.73 Å². The summed E-state index contributed by atoms with van der Waals surface area (Å²) < 4.78 is 17.2. The van der Waals surface area contributed by atoms with Crippen LogP contribution in [0.3, 0.4) is 0 Å². The van der Waals surface area contributed by atoms with Gasteiger partial charge in [-0.15, -0.1) is 0 Å². The van der Waals surface area contributed by atoms with Crippen LogP contribution >= 0.6 is 0 Å². The smallest absolute Gasteiger partial charge is 0.251 e. The molecule has 1 aromatic carbocycles. The zero-order valence-corrected chi connectivity index (χ0v) is 9.02. The number of carbonyl (C=O) groups excluding carboxylic acids is 1. The summed E-state index contributed by atoms with van der Waals surface area (Å²) in [5.41, 5.74) is 6.06. The number of hydrogen-bond donors (Lipinski definition) is 1. The van der Waals surface area contributed by atoms with Gasteiger partial charge in [0.2, 0.25) is 0 Å². The van der Waals surface area contributed by atoms with E-state index in [0.29, 0.717) is 11.3 Å². The lowest BCUT2D eigenvalue weighted by Gasteiger charge is -2.08. The summed E-state index contributed by atoms with van der Waals surface area (Å²) in [4.78, 5) is 15.4. The maximum atomic E-state index is 12.0. The number of rotatable bonds is 4. The molecule has 0 unspecified atom stereocenters. The van der Waals surface area contributed by atoms with E-state index < -0.39 is 12.6 Å². The van der Waals surface area contributed by atoms with E-state index in [9.17, 15) is 9.18 Å². The molecule has 0 radical (unpaired) electrons. The monoisotopic (exact) mass is 234 g/mol. The van der Waals surface area contributed by atoms with Gasteiger partial charge in [-0.1, -0.05) is 6.07 Å². The molecule has 0 fully saturated rings. The molecular weight excluding hydrogens is 223 g/mol. The summed E-state index contributed by atoms with van der Waals surface area (Å²) in [5.74, 6) is -0.170. The molecule has 5 heteroatoms. The standard InChI is InChI=1S/C12H11FN2O2/c13-3-5-17-9-6-8-2-1-4-15-11(8)10(7-9)12(14)16/h1-2,4,6-7H,3,5H2,(H2,14,16). The molecule has 17 heavy (non-hydrogen) atoms. The minimum Gasteiger partial charge on any atom is -0.491 e. The maximum absolute atomic E-state index is 12.0. The third kappa shape index (κ3) is 2.33. The average Bonchev–Trinajstić information content (AvgIpc) is 2.35. The Hall–Kier alpha value is -2.17. The van der Waals surface area contributed by atoms with Crippen LogP contribution in [-0.4, -0.2) is 24.2 Å². The Morgan fingerprint density at radius 2 is 2.29 bits per heavy atom. The fourth-order valence-electron chi connectivity index (χ4n) is 1.59. The SMILES string of the molecule is NC(=O)c1cc(OCCF)cc2cccnc12. The lowest BCUT2D eigenvalue weighted by atomic mass is 10.1. The fraction of sp³-hybridized carbons (Fsp3) is 0.167. The molecule has 2 N–H and O–H groups in total. The van der Waals surface area contributed by atoms with Crippen molar-refractivity contribution in [1.82, 2.24) is 4.98 Å². The van der Waals surface area contributed by atoms with Gasteiger partial charge in [-0.25, -0.2) is 4.39 Å². The van der Waals surface area contributed by atoms with Crippen LogP contribution in [0.15, 0.2) is 30.5 Å². The molecule has 4 nitrogen and oxygen atoms in total. The third-order valence-electron chi connectivity index (χ3n) is 2.29. The first kappa shape index (κ1) is 11.3.